The maximum atomic E-state index is 12.1. The summed E-state index contributed by atoms with van der Waals surface area (Å²) < 4.78 is 0. The van der Waals surface area contributed by atoms with Crippen LogP contribution >= 0.6 is 11.6 Å². The highest BCUT2D eigenvalue weighted by atomic mass is 35.5. The van der Waals surface area contributed by atoms with Crippen molar-refractivity contribution >= 4 is 29.2 Å². The van der Waals surface area contributed by atoms with Gasteiger partial charge in [-0.1, -0.05) is 24.4 Å². The second kappa shape index (κ2) is 6.57. The number of anilines is 1. The fourth-order valence-corrected chi connectivity index (χ4v) is 3.28. The number of rotatable bonds is 3. The molecule has 1 aromatic carbocycles. The van der Waals surface area contributed by atoms with Gasteiger partial charge in [0.1, 0.15) is 0 Å². The van der Waals surface area contributed by atoms with Crippen LogP contribution in [0.3, 0.4) is 0 Å². The van der Waals surface area contributed by atoms with Crippen LogP contribution in [0.4, 0.5) is 10.5 Å². The van der Waals surface area contributed by atoms with Crippen LogP contribution in [0.2, 0.25) is 5.02 Å². The highest BCUT2D eigenvalue weighted by Gasteiger charge is 2.32. The molecule has 1 aromatic rings. The Hall–Kier alpha value is -1.75. The molecule has 1 aliphatic heterocycles. The molecular weight excluding hydrogens is 302 g/mol. The van der Waals surface area contributed by atoms with Crippen molar-refractivity contribution in [3.8, 4) is 0 Å². The minimum Gasteiger partial charge on any atom is -0.335 e. The number of hydrogen-bond acceptors (Lipinski definition) is 2. The third-order valence-electron chi connectivity index (χ3n) is 4.29. The molecule has 1 atom stereocenters. The first kappa shape index (κ1) is 15.2. The highest BCUT2D eigenvalue weighted by Crippen LogP contribution is 2.23. The van der Waals surface area contributed by atoms with Gasteiger partial charge in [0.05, 0.1) is 6.04 Å². The number of urea groups is 1. The van der Waals surface area contributed by atoms with E-state index in [1.807, 2.05) is 12.1 Å². The predicted octanol–water partition coefficient (Wildman–Crippen LogP) is 2.69. The molecule has 2 fully saturated rings. The summed E-state index contributed by atoms with van der Waals surface area (Å²) in [5.41, 5.74) is 0.815. The van der Waals surface area contributed by atoms with Crippen molar-refractivity contribution in [2.45, 2.75) is 44.2 Å². The first-order valence-corrected chi connectivity index (χ1v) is 8.12. The van der Waals surface area contributed by atoms with Gasteiger partial charge >= 0.3 is 6.03 Å². The highest BCUT2D eigenvalue weighted by molar-refractivity contribution is 6.30. The number of amides is 3. The fourth-order valence-electron chi connectivity index (χ4n) is 3.16. The molecule has 0 unspecified atom stereocenters. The molecule has 2 aliphatic rings. The second-order valence-corrected chi connectivity index (χ2v) is 6.42. The van der Waals surface area contributed by atoms with Crippen LogP contribution in [0.5, 0.6) is 0 Å². The zero-order chi connectivity index (χ0) is 15.5. The molecule has 1 aliphatic carbocycles. The van der Waals surface area contributed by atoms with E-state index in [2.05, 4.69) is 10.6 Å². The zero-order valence-corrected chi connectivity index (χ0v) is 13.1. The Balaban J connectivity index is 1.55. The van der Waals surface area contributed by atoms with Crippen molar-refractivity contribution in [3.63, 3.8) is 0 Å². The normalized spacial score (nSPS) is 22.1. The van der Waals surface area contributed by atoms with E-state index >= 15 is 0 Å². The topological polar surface area (TPSA) is 61.4 Å². The van der Waals surface area contributed by atoms with Crippen molar-refractivity contribution in [1.29, 1.82) is 0 Å². The molecular formula is C16H20ClN3O2. The number of benzene rings is 1. The SMILES string of the molecule is O=C(NC1CCCC1)N[C@H]1CC(=O)N(c2ccc(Cl)cc2)C1. The lowest BCUT2D eigenvalue weighted by atomic mass is 10.2. The Kier molecular flexibility index (Phi) is 4.52. The van der Waals surface area contributed by atoms with Crippen molar-refractivity contribution in [2.75, 3.05) is 11.4 Å². The summed E-state index contributed by atoms with van der Waals surface area (Å²) in [6.07, 6.45) is 4.79. The molecule has 0 radical (unpaired) electrons. The summed E-state index contributed by atoms with van der Waals surface area (Å²) in [5.74, 6) is 0.0217. The van der Waals surface area contributed by atoms with Crippen molar-refractivity contribution in [3.05, 3.63) is 29.3 Å². The lowest BCUT2D eigenvalue weighted by Crippen LogP contribution is -2.46. The summed E-state index contributed by atoms with van der Waals surface area (Å²) in [7, 11) is 0. The van der Waals surface area contributed by atoms with Gasteiger partial charge in [0.2, 0.25) is 5.91 Å². The van der Waals surface area contributed by atoms with Gasteiger partial charge in [-0.05, 0) is 37.1 Å². The molecule has 6 heteroatoms. The van der Waals surface area contributed by atoms with E-state index in [0.717, 1.165) is 18.5 Å². The van der Waals surface area contributed by atoms with Crippen LogP contribution in [-0.2, 0) is 4.79 Å². The maximum Gasteiger partial charge on any atom is 0.315 e. The number of halogens is 1. The van der Waals surface area contributed by atoms with E-state index in [4.69, 9.17) is 11.6 Å². The summed E-state index contributed by atoms with van der Waals surface area (Å²) >= 11 is 5.86. The monoisotopic (exact) mass is 321 g/mol. The van der Waals surface area contributed by atoms with E-state index in [0.29, 0.717) is 18.0 Å². The summed E-state index contributed by atoms with van der Waals surface area (Å²) in [4.78, 5) is 25.8. The average Bonchev–Trinajstić information content (AvgIpc) is 3.10. The van der Waals surface area contributed by atoms with E-state index in [1.54, 1.807) is 17.0 Å². The lowest BCUT2D eigenvalue weighted by molar-refractivity contribution is -0.117. The first-order valence-electron chi connectivity index (χ1n) is 7.75. The minimum atomic E-state index is -0.164. The molecule has 1 saturated carbocycles. The Morgan fingerprint density at radius 1 is 1.09 bits per heavy atom. The van der Waals surface area contributed by atoms with Gasteiger partial charge in [-0.3, -0.25) is 4.79 Å². The standard InChI is InChI=1S/C16H20ClN3O2/c17-11-5-7-14(8-6-11)20-10-13(9-15(20)21)19-16(22)18-12-3-1-2-4-12/h5-8,12-13H,1-4,9-10H2,(H2,18,19,22)/t13-/m0/s1. The fraction of sp³-hybridized carbons (Fsp3) is 0.500. The van der Waals surface area contributed by atoms with Gasteiger partial charge in [0.15, 0.2) is 0 Å². The summed E-state index contributed by atoms with van der Waals surface area (Å²) in [5, 5.41) is 6.53. The second-order valence-electron chi connectivity index (χ2n) is 5.98. The average molecular weight is 322 g/mol. The smallest absolute Gasteiger partial charge is 0.315 e. The Morgan fingerprint density at radius 3 is 2.41 bits per heavy atom. The minimum absolute atomic E-state index is 0.0217. The number of carbonyl (C=O) groups excluding carboxylic acids is 2. The van der Waals surface area contributed by atoms with Crippen molar-refractivity contribution in [1.82, 2.24) is 10.6 Å². The first-order chi connectivity index (χ1) is 10.6. The molecule has 1 heterocycles. The number of carbonyl (C=O) groups is 2. The van der Waals surface area contributed by atoms with Crippen LogP contribution in [-0.4, -0.2) is 30.6 Å². The molecule has 0 bridgehead atoms. The van der Waals surface area contributed by atoms with Gasteiger partial charge in [-0.25, -0.2) is 4.79 Å². The zero-order valence-electron chi connectivity index (χ0n) is 12.3. The van der Waals surface area contributed by atoms with Gasteiger partial charge < -0.3 is 15.5 Å². The molecule has 5 nitrogen and oxygen atoms in total. The third kappa shape index (κ3) is 3.53. The van der Waals surface area contributed by atoms with Gasteiger partial charge in [-0.15, -0.1) is 0 Å². The number of nitrogens with one attached hydrogen (secondary N) is 2. The Bertz CT molecular complexity index is 555. The number of hydrogen-bond donors (Lipinski definition) is 2. The maximum absolute atomic E-state index is 12.1. The largest absolute Gasteiger partial charge is 0.335 e. The molecule has 0 aromatic heterocycles. The van der Waals surface area contributed by atoms with Crippen LogP contribution in [0, 0.1) is 0 Å². The van der Waals surface area contributed by atoms with Crippen LogP contribution in [0.1, 0.15) is 32.1 Å². The van der Waals surface area contributed by atoms with E-state index < -0.39 is 0 Å². The van der Waals surface area contributed by atoms with Crippen LogP contribution < -0.4 is 15.5 Å². The van der Waals surface area contributed by atoms with Crippen molar-refractivity contribution < 1.29 is 9.59 Å². The molecule has 3 amide bonds. The molecule has 2 N–H and O–H groups in total. The molecule has 118 valence electrons. The predicted molar refractivity (Wildman–Crippen MR) is 86.1 cm³/mol. The van der Waals surface area contributed by atoms with Gasteiger partial charge in [-0.2, -0.15) is 0 Å². The van der Waals surface area contributed by atoms with Crippen LogP contribution in [0.25, 0.3) is 0 Å². The lowest BCUT2D eigenvalue weighted by Gasteiger charge is -2.18. The Morgan fingerprint density at radius 2 is 1.73 bits per heavy atom. The van der Waals surface area contributed by atoms with Gasteiger partial charge in [0, 0.05) is 29.7 Å². The molecule has 0 spiro atoms. The third-order valence-corrected chi connectivity index (χ3v) is 4.54. The molecule has 3 rings (SSSR count). The van der Waals surface area contributed by atoms with E-state index in [1.165, 1.54) is 12.8 Å². The van der Waals surface area contributed by atoms with Crippen LogP contribution in [0.15, 0.2) is 24.3 Å². The molecule has 1 saturated heterocycles. The van der Waals surface area contributed by atoms with E-state index in [9.17, 15) is 9.59 Å². The summed E-state index contributed by atoms with van der Waals surface area (Å²) in [6, 6.07) is 7.13. The Labute approximate surface area is 135 Å². The quantitative estimate of drug-likeness (QED) is 0.899. The summed E-state index contributed by atoms with van der Waals surface area (Å²) in [6.45, 7) is 0.499. The van der Waals surface area contributed by atoms with Crippen molar-refractivity contribution in [2.24, 2.45) is 0 Å². The van der Waals surface area contributed by atoms with Gasteiger partial charge in [0.25, 0.3) is 0 Å². The number of nitrogens with zero attached hydrogens (tertiary/aromatic N) is 1. The molecule has 22 heavy (non-hydrogen) atoms. The van der Waals surface area contributed by atoms with E-state index in [-0.39, 0.29) is 24.0 Å².